The van der Waals surface area contributed by atoms with E-state index in [1.165, 1.54) is 4.90 Å². The highest BCUT2D eigenvalue weighted by Crippen LogP contribution is 2.20. The summed E-state index contributed by atoms with van der Waals surface area (Å²) in [5, 5.41) is 2.79. The molecule has 1 aromatic rings. The van der Waals surface area contributed by atoms with Crippen LogP contribution in [0.3, 0.4) is 0 Å². The number of nitrogens with one attached hydrogen (secondary N) is 1. The van der Waals surface area contributed by atoms with Gasteiger partial charge in [-0.15, -0.1) is 0 Å². The number of benzene rings is 1. The predicted octanol–water partition coefficient (Wildman–Crippen LogP) is 2.10. The van der Waals surface area contributed by atoms with Crippen molar-refractivity contribution >= 4 is 11.7 Å². The van der Waals surface area contributed by atoms with Crippen molar-refractivity contribution in [3.63, 3.8) is 0 Å². The smallest absolute Gasteiger partial charge is 0.321 e. The second kappa shape index (κ2) is 4.68. The highest BCUT2D eigenvalue weighted by molar-refractivity contribution is 5.89. The van der Waals surface area contributed by atoms with Crippen LogP contribution in [0.1, 0.15) is 5.56 Å². The largest absolute Gasteiger partial charge is 0.497 e. The average molecular weight is 208 g/mol. The molecular weight excluding hydrogens is 192 g/mol. The van der Waals surface area contributed by atoms with E-state index < -0.39 is 0 Å². The summed E-state index contributed by atoms with van der Waals surface area (Å²) in [5.74, 6) is 0.787. The van der Waals surface area contributed by atoms with Gasteiger partial charge >= 0.3 is 6.03 Å². The van der Waals surface area contributed by atoms with Gasteiger partial charge < -0.3 is 15.0 Å². The first-order valence-corrected chi connectivity index (χ1v) is 4.67. The Morgan fingerprint density at radius 3 is 2.53 bits per heavy atom. The van der Waals surface area contributed by atoms with Gasteiger partial charge in [0.2, 0.25) is 0 Å². The van der Waals surface area contributed by atoms with Crippen LogP contribution in [-0.2, 0) is 0 Å². The van der Waals surface area contributed by atoms with Crippen molar-refractivity contribution < 1.29 is 9.53 Å². The number of nitrogens with zero attached hydrogens (tertiary/aromatic N) is 1. The normalized spacial score (nSPS) is 9.60. The molecule has 0 fully saturated rings. The molecule has 1 aromatic carbocycles. The van der Waals surface area contributed by atoms with Crippen LogP contribution in [0.4, 0.5) is 10.5 Å². The number of amides is 2. The van der Waals surface area contributed by atoms with Gasteiger partial charge in [0.15, 0.2) is 0 Å². The van der Waals surface area contributed by atoms with E-state index in [1.807, 2.05) is 25.1 Å². The van der Waals surface area contributed by atoms with Gasteiger partial charge in [0.1, 0.15) is 5.75 Å². The number of carbonyl (C=O) groups is 1. The molecule has 0 heterocycles. The van der Waals surface area contributed by atoms with Crippen molar-refractivity contribution in [1.82, 2.24) is 4.90 Å². The molecule has 0 aliphatic heterocycles. The Balaban J connectivity index is 2.83. The Bertz CT molecular complexity index is 362. The number of ether oxygens (including phenoxy) is 1. The molecule has 0 aromatic heterocycles. The maximum atomic E-state index is 11.4. The number of methoxy groups -OCH3 is 1. The molecule has 4 nitrogen and oxygen atoms in total. The van der Waals surface area contributed by atoms with Crippen LogP contribution in [0.2, 0.25) is 0 Å². The summed E-state index contributed by atoms with van der Waals surface area (Å²) < 4.78 is 5.08. The highest BCUT2D eigenvalue weighted by Gasteiger charge is 2.06. The molecule has 0 saturated heterocycles. The minimum atomic E-state index is -0.136. The second-order valence-corrected chi connectivity index (χ2v) is 3.51. The third-order valence-electron chi connectivity index (χ3n) is 2.08. The molecule has 1 rings (SSSR count). The summed E-state index contributed by atoms with van der Waals surface area (Å²) in [7, 11) is 5.02. The molecule has 1 N–H and O–H groups in total. The summed E-state index contributed by atoms with van der Waals surface area (Å²) in [6.07, 6.45) is 0. The molecule has 0 radical (unpaired) electrons. The fourth-order valence-corrected chi connectivity index (χ4v) is 1.13. The van der Waals surface area contributed by atoms with Crippen molar-refractivity contribution in [3.8, 4) is 5.75 Å². The van der Waals surface area contributed by atoms with E-state index in [0.717, 1.165) is 17.0 Å². The van der Waals surface area contributed by atoms with E-state index in [9.17, 15) is 4.79 Å². The lowest BCUT2D eigenvalue weighted by molar-refractivity contribution is 0.230. The molecule has 0 atom stereocenters. The van der Waals surface area contributed by atoms with Gasteiger partial charge in [0.25, 0.3) is 0 Å². The number of hydrogen-bond acceptors (Lipinski definition) is 2. The van der Waals surface area contributed by atoms with E-state index in [-0.39, 0.29) is 6.03 Å². The first-order valence-electron chi connectivity index (χ1n) is 4.67. The Morgan fingerprint density at radius 1 is 1.40 bits per heavy atom. The Labute approximate surface area is 89.8 Å². The average Bonchev–Trinajstić information content (AvgIpc) is 2.20. The summed E-state index contributed by atoms with van der Waals surface area (Å²) in [6, 6.07) is 5.39. The lowest BCUT2D eigenvalue weighted by atomic mass is 10.2. The van der Waals surface area contributed by atoms with Crippen LogP contribution in [0.5, 0.6) is 5.75 Å². The van der Waals surface area contributed by atoms with Crippen LogP contribution in [0.25, 0.3) is 0 Å². The predicted molar refractivity (Wildman–Crippen MR) is 60.4 cm³/mol. The van der Waals surface area contributed by atoms with Crippen molar-refractivity contribution in [2.75, 3.05) is 26.5 Å². The van der Waals surface area contributed by atoms with Gasteiger partial charge in [-0.2, -0.15) is 0 Å². The maximum Gasteiger partial charge on any atom is 0.321 e. The minimum Gasteiger partial charge on any atom is -0.497 e. The minimum absolute atomic E-state index is 0.136. The zero-order chi connectivity index (χ0) is 11.4. The number of hydrogen-bond donors (Lipinski definition) is 1. The van der Waals surface area contributed by atoms with Crippen LogP contribution in [-0.4, -0.2) is 32.1 Å². The number of anilines is 1. The van der Waals surface area contributed by atoms with Gasteiger partial charge in [-0.25, -0.2) is 4.79 Å². The fourth-order valence-electron chi connectivity index (χ4n) is 1.13. The molecule has 15 heavy (non-hydrogen) atoms. The Kier molecular flexibility index (Phi) is 3.55. The molecular formula is C11H16N2O2. The molecule has 82 valence electrons. The van der Waals surface area contributed by atoms with E-state index in [0.29, 0.717) is 0 Å². The van der Waals surface area contributed by atoms with Gasteiger partial charge in [-0.1, -0.05) is 0 Å². The zero-order valence-electron chi connectivity index (χ0n) is 9.50. The molecule has 0 aliphatic rings. The molecule has 0 saturated carbocycles. The summed E-state index contributed by atoms with van der Waals surface area (Å²) in [5.41, 5.74) is 1.78. The molecule has 0 aliphatic carbocycles. The topological polar surface area (TPSA) is 41.6 Å². The van der Waals surface area contributed by atoms with E-state index in [4.69, 9.17) is 4.74 Å². The van der Waals surface area contributed by atoms with Crippen LogP contribution in [0.15, 0.2) is 18.2 Å². The third-order valence-corrected chi connectivity index (χ3v) is 2.08. The van der Waals surface area contributed by atoms with Crippen LogP contribution >= 0.6 is 0 Å². The summed E-state index contributed by atoms with van der Waals surface area (Å²) in [4.78, 5) is 12.9. The summed E-state index contributed by atoms with van der Waals surface area (Å²) in [6.45, 7) is 1.92. The van der Waals surface area contributed by atoms with Gasteiger partial charge in [0, 0.05) is 19.8 Å². The van der Waals surface area contributed by atoms with Crippen molar-refractivity contribution in [2.24, 2.45) is 0 Å². The number of aryl methyl sites for hydroxylation is 1. The number of urea groups is 1. The Hall–Kier alpha value is -1.71. The summed E-state index contributed by atoms with van der Waals surface area (Å²) >= 11 is 0. The van der Waals surface area contributed by atoms with E-state index in [2.05, 4.69) is 5.32 Å². The second-order valence-electron chi connectivity index (χ2n) is 3.51. The first kappa shape index (κ1) is 11.4. The molecule has 0 unspecified atom stereocenters. The number of carbonyl (C=O) groups excluding carboxylic acids is 1. The van der Waals surface area contributed by atoms with Gasteiger partial charge in [0.05, 0.1) is 7.11 Å². The first-order chi connectivity index (χ1) is 7.04. The molecule has 2 amide bonds. The Morgan fingerprint density at radius 2 is 2.07 bits per heavy atom. The van der Waals surface area contributed by atoms with Gasteiger partial charge in [-0.05, 0) is 30.7 Å². The van der Waals surface area contributed by atoms with Crippen molar-refractivity contribution in [1.29, 1.82) is 0 Å². The van der Waals surface area contributed by atoms with Crippen LogP contribution < -0.4 is 10.1 Å². The fraction of sp³-hybridized carbons (Fsp3) is 0.364. The number of rotatable bonds is 2. The van der Waals surface area contributed by atoms with Gasteiger partial charge in [-0.3, -0.25) is 0 Å². The standard InChI is InChI=1S/C11H16N2O2/c1-8-7-9(15-4)5-6-10(8)12-11(14)13(2)3/h5-7H,1-4H3,(H,12,14). The van der Waals surface area contributed by atoms with E-state index >= 15 is 0 Å². The maximum absolute atomic E-state index is 11.4. The lowest BCUT2D eigenvalue weighted by Gasteiger charge is -2.14. The zero-order valence-corrected chi connectivity index (χ0v) is 9.50. The monoisotopic (exact) mass is 208 g/mol. The lowest BCUT2D eigenvalue weighted by Crippen LogP contribution is -2.27. The molecule has 0 bridgehead atoms. The highest BCUT2D eigenvalue weighted by atomic mass is 16.5. The molecule has 0 spiro atoms. The quantitative estimate of drug-likeness (QED) is 0.808. The van der Waals surface area contributed by atoms with Crippen LogP contribution in [0, 0.1) is 6.92 Å². The van der Waals surface area contributed by atoms with Crippen molar-refractivity contribution in [2.45, 2.75) is 6.92 Å². The van der Waals surface area contributed by atoms with E-state index in [1.54, 1.807) is 21.2 Å². The molecule has 4 heteroatoms. The van der Waals surface area contributed by atoms with Crippen molar-refractivity contribution in [3.05, 3.63) is 23.8 Å². The third kappa shape index (κ3) is 2.87. The SMILES string of the molecule is COc1ccc(NC(=O)N(C)C)c(C)c1.